The number of carbonyl (C=O) groups is 1. The molecule has 1 aromatic heterocycles. The Balaban J connectivity index is 2.06. The molecule has 1 amide bonds. The highest BCUT2D eigenvalue weighted by Crippen LogP contribution is 2.17. The predicted molar refractivity (Wildman–Crippen MR) is 73.3 cm³/mol. The lowest BCUT2D eigenvalue weighted by Gasteiger charge is -2.12. The van der Waals surface area contributed by atoms with E-state index >= 15 is 0 Å². The van der Waals surface area contributed by atoms with Gasteiger partial charge in [0.05, 0.1) is 6.61 Å². The first kappa shape index (κ1) is 14.2. The van der Waals surface area contributed by atoms with E-state index in [1.807, 2.05) is 6.92 Å². The average Bonchev–Trinajstić information content (AvgIpc) is 2.86. The van der Waals surface area contributed by atoms with Crippen molar-refractivity contribution in [1.29, 1.82) is 0 Å². The molecule has 6 nitrogen and oxygen atoms in total. The van der Waals surface area contributed by atoms with Crippen LogP contribution in [0.2, 0.25) is 0 Å². The molecule has 1 heterocycles. The lowest BCUT2D eigenvalue weighted by molar-refractivity contribution is 0.0905. The Morgan fingerprint density at radius 2 is 2.10 bits per heavy atom. The number of nitrogens with zero attached hydrogens (tertiary/aromatic N) is 2. The van der Waals surface area contributed by atoms with Crippen molar-refractivity contribution in [2.24, 2.45) is 0 Å². The van der Waals surface area contributed by atoms with Gasteiger partial charge in [0.2, 0.25) is 0 Å². The number of ether oxygens (including phenoxy) is 1. The maximum atomic E-state index is 12.0. The number of amides is 1. The Bertz CT molecular complexity index is 578. The molecule has 0 aliphatic heterocycles. The van der Waals surface area contributed by atoms with Crippen LogP contribution in [0, 0.1) is 6.92 Å². The molecule has 20 heavy (non-hydrogen) atoms. The van der Waals surface area contributed by atoms with Gasteiger partial charge >= 0.3 is 0 Å². The molecule has 0 fully saturated rings. The molecule has 106 valence electrons. The van der Waals surface area contributed by atoms with Gasteiger partial charge in [-0.1, -0.05) is 5.16 Å². The van der Waals surface area contributed by atoms with Crippen LogP contribution in [-0.2, 0) is 4.74 Å². The standard InChI is InChI=1S/C14H17N3O3/c1-9(8-19-3)15-13(18)11-4-6-12(7-5-11)14-16-10(2)17-20-14/h4-7,9H,8H2,1-3H3,(H,15,18). The van der Waals surface area contributed by atoms with Gasteiger partial charge in [-0.05, 0) is 38.1 Å². The van der Waals surface area contributed by atoms with Gasteiger partial charge in [-0.3, -0.25) is 4.79 Å². The number of hydrogen-bond donors (Lipinski definition) is 1. The van der Waals surface area contributed by atoms with Crippen LogP contribution >= 0.6 is 0 Å². The highest BCUT2D eigenvalue weighted by Gasteiger charge is 2.11. The molecule has 1 aromatic carbocycles. The highest BCUT2D eigenvalue weighted by molar-refractivity contribution is 5.94. The number of aryl methyl sites for hydroxylation is 1. The van der Waals surface area contributed by atoms with Crippen LogP contribution < -0.4 is 5.32 Å². The molecule has 2 aromatic rings. The lowest BCUT2D eigenvalue weighted by atomic mass is 10.1. The van der Waals surface area contributed by atoms with Crippen LogP contribution in [0.1, 0.15) is 23.1 Å². The summed E-state index contributed by atoms with van der Waals surface area (Å²) in [5.41, 5.74) is 1.36. The second-order valence-electron chi connectivity index (χ2n) is 4.55. The van der Waals surface area contributed by atoms with Gasteiger partial charge in [-0.25, -0.2) is 0 Å². The summed E-state index contributed by atoms with van der Waals surface area (Å²) in [5.74, 6) is 0.889. The summed E-state index contributed by atoms with van der Waals surface area (Å²) in [6.45, 7) is 4.12. The largest absolute Gasteiger partial charge is 0.383 e. The number of carbonyl (C=O) groups excluding carboxylic acids is 1. The minimum absolute atomic E-state index is 0.0363. The zero-order chi connectivity index (χ0) is 14.5. The number of rotatable bonds is 5. The quantitative estimate of drug-likeness (QED) is 0.900. The number of hydrogen-bond acceptors (Lipinski definition) is 5. The summed E-state index contributed by atoms with van der Waals surface area (Å²) in [4.78, 5) is 16.1. The molecule has 0 bridgehead atoms. The average molecular weight is 275 g/mol. The van der Waals surface area contributed by atoms with Gasteiger partial charge in [0.15, 0.2) is 5.82 Å². The molecule has 1 unspecified atom stereocenters. The van der Waals surface area contributed by atoms with Crippen LogP contribution in [-0.4, -0.2) is 35.8 Å². The Morgan fingerprint density at radius 1 is 1.40 bits per heavy atom. The molecule has 1 N–H and O–H groups in total. The molecule has 0 saturated carbocycles. The van der Waals surface area contributed by atoms with Gasteiger partial charge in [0, 0.05) is 24.3 Å². The van der Waals surface area contributed by atoms with E-state index in [4.69, 9.17) is 9.26 Å². The number of aromatic nitrogens is 2. The highest BCUT2D eigenvalue weighted by atomic mass is 16.5. The fourth-order valence-electron chi connectivity index (χ4n) is 1.78. The Morgan fingerprint density at radius 3 is 2.65 bits per heavy atom. The van der Waals surface area contributed by atoms with Crippen LogP contribution in [0.5, 0.6) is 0 Å². The predicted octanol–water partition coefficient (Wildman–Crippen LogP) is 1.81. The fraction of sp³-hybridized carbons (Fsp3) is 0.357. The first-order valence-corrected chi connectivity index (χ1v) is 6.30. The Kier molecular flexibility index (Phi) is 4.47. The normalized spacial score (nSPS) is 12.2. The van der Waals surface area contributed by atoms with Crippen molar-refractivity contribution in [3.8, 4) is 11.5 Å². The third-order valence-electron chi connectivity index (χ3n) is 2.72. The number of methoxy groups -OCH3 is 1. The molecule has 0 aliphatic carbocycles. The van der Waals surface area contributed by atoms with Gasteiger partial charge in [0.1, 0.15) is 0 Å². The molecule has 1 atom stereocenters. The van der Waals surface area contributed by atoms with Crippen LogP contribution in [0.3, 0.4) is 0 Å². The van der Waals surface area contributed by atoms with E-state index < -0.39 is 0 Å². The molecule has 0 spiro atoms. The zero-order valence-electron chi connectivity index (χ0n) is 11.7. The molecule has 6 heteroatoms. The second-order valence-corrected chi connectivity index (χ2v) is 4.55. The van der Waals surface area contributed by atoms with E-state index in [1.165, 1.54) is 0 Å². The van der Waals surface area contributed by atoms with Crippen molar-refractivity contribution in [3.05, 3.63) is 35.7 Å². The Labute approximate surface area is 117 Å². The fourth-order valence-corrected chi connectivity index (χ4v) is 1.78. The van der Waals surface area contributed by atoms with Crippen LogP contribution in [0.4, 0.5) is 0 Å². The third kappa shape index (κ3) is 3.42. The molecular weight excluding hydrogens is 258 g/mol. The lowest BCUT2D eigenvalue weighted by Crippen LogP contribution is -2.35. The maximum absolute atomic E-state index is 12.0. The topological polar surface area (TPSA) is 77.2 Å². The van der Waals surface area contributed by atoms with Crippen LogP contribution in [0.25, 0.3) is 11.5 Å². The van der Waals surface area contributed by atoms with Gasteiger partial charge in [0.25, 0.3) is 11.8 Å². The monoisotopic (exact) mass is 275 g/mol. The van der Waals surface area contributed by atoms with Crippen molar-refractivity contribution in [1.82, 2.24) is 15.5 Å². The van der Waals surface area contributed by atoms with Crippen molar-refractivity contribution >= 4 is 5.91 Å². The van der Waals surface area contributed by atoms with Crippen molar-refractivity contribution in [2.75, 3.05) is 13.7 Å². The SMILES string of the molecule is COCC(C)NC(=O)c1ccc(-c2nc(C)no2)cc1. The van der Waals surface area contributed by atoms with E-state index in [-0.39, 0.29) is 11.9 Å². The van der Waals surface area contributed by atoms with E-state index in [1.54, 1.807) is 38.3 Å². The summed E-state index contributed by atoms with van der Waals surface area (Å²) in [6, 6.07) is 6.98. The molecule has 2 rings (SSSR count). The third-order valence-corrected chi connectivity index (χ3v) is 2.72. The summed E-state index contributed by atoms with van der Waals surface area (Å²) in [7, 11) is 1.60. The molecule has 0 saturated heterocycles. The summed E-state index contributed by atoms with van der Waals surface area (Å²) in [6.07, 6.45) is 0. The maximum Gasteiger partial charge on any atom is 0.257 e. The van der Waals surface area contributed by atoms with Gasteiger partial charge in [-0.2, -0.15) is 4.98 Å². The molecule has 0 aliphatic rings. The smallest absolute Gasteiger partial charge is 0.257 e. The molecular formula is C14H17N3O3. The summed E-state index contributed by atoms with van der Waals surface area (Å²) < 4.78 is 10.0. The summed E-state index contributed by atoms with van der Waals surface area (Å²) >= 11 is 0. The van der Waals surface area contributed by atoms with E-state index in [9.17, 15) is 4.79 Å². The van der Waals surface area contributed by atoms with Gasteiger partial charge < -0.3 is 14.6 Å². The first-order valence-electron chi connectivity index (χ1n) is 6.30. The summed E-state index contributed by atoms with van der Waals surface area (Å²) in [5, 5.41) is 6.58. The van der Waals surface area contributed by atoms with Crippen molar-refractivity contribution < 1.29 is 14.1 Å². The van der Waals surface area contributed by atoms with Crippen molar-refractivity contribution in [2.45, 2.75) is 19.9 Å². The zero-order valence-corrected chi connectivity index (χ0v) is 11.7. The Hall–Kier alpha value is -2.21. The number of nitrogens with one attached hydrogen (secondary N) is 1. The minimum Gasteiger partial charge on any atom is -0.383 e. The van der Waals surface area contributed by atoms with E-state index in [0.29, 0.717) is 23.9 Å². The van der Waals surface area contributed by atoms with E-state index in [0.717, 1.165) is 5.56 Å². The first-order chi connectivity index (χ1) is 9.60. The van der Waals surface area contributed by atoms with Gasteiger partial charge in [-0.15, -0.1) is 0 Å². The second kappa shape index (κ2) is 6.29. The van der Waals surface area contributed by atoms with Crippen molar-refractivity contribution in [3.63, 3.8) is 0 Å². The van der Waals surface area contributed by atoms with Crippen LogP contribution in [0.15, 0.2) is 28.8 Å². The number of benzene rings is 1. The van der Waals surface area contributed by atoms with E-state index in [2.05, 4.69) is 15.5 Å². The molecule has 0 radical (unpaired) electrons. The minimum atomic E-state index is -0.136.